The van der Waals surface area contributed by atoms with Gasteiger partial charge in [0.2, 0.25) is 0 Å². The molecule has 2 heterocycles. The molecule has 6 aromatic carbocycles. The Balaban J connectivity index is 1.22. The number of aromatic nitrogens is 4. The number of hydrogen-bond donors (Lipinski definition) is 0. The molecule has 0 unspecified atom stereocenters. The maximum absolute atomic E-state index is 9.67. The Morgan fingerprint density at radius 3 is 1.56 bits per heavy atom. The molecule has 5 nitrogen and oxygen atoms in total. The van der Waals surface area contributed by atoms with Gasteiger partial charge < -0.3 is 0 Å². The van der Waals surface area contributed by atoms with E-state index in [0.717, 1.165) is 61.5 Å². The molecule has 9 rings (SSSR count). The summed E-state index contributed by atoms with van der Waals surface area (Å²) in [6, 6.07) is 54.8. The fourth-order valence-electron chi connectivity index (χ4n) is 7.85. The number of fused-ring (bicyclic) bond motifs is 3. The molecule has 0 aliphatic heterocycles. The van der Waals surface area contributed by atoms with Gasteiger partial charge >= 0.3 is 0 Å². The molecule has 1 aliphatic rings. The van der Waals surface area contributed by atoms with Crippen molar-refractivity contribution in [2.45, 2.75) is 33.1 Å². The third kappa shape index (κ3) is 6.18. The van der Waals surface area contributed by atoms with Crippen LogP contribution < -0.4 is 0 Å². The highest BCUT2D eigenvalue weighted by Crippen LogP contribution is 2.50. The molecule has 0 saturated carbocycles. The summed E-state index contributed by atoms with van der Waals surface area (Å²) in [4.78, 5) is 20.2. The minimum Gasteiger partial charge on any atom is -0.258 e. The predicted molar refractivity (Wildman–Crippen MR) is 222 cm³/mol. The zero-order valence-electron chi connectivity index (χ0n) is 31.2. The number of benzene rings is 6. The number of rotatable bonds is 6. The van der Waals surface area contributed by atoms with Crippen LogP contribution in [0.25, 0.3) is 78.7 Å². The third-order valence-electron chi connectivity index (χ3n) is 10.8. The summed E-state index contributed by atoms with van der Waals surface area (Å²) in [5.41, 5.74) is 16.4. The smallest absolute Gasteiger partial charge is 0.164 e. The molecule has 8 aromatic rings. The summed E-state index contributed by atoms with van der Waals surface area (Å²) in [6.45, 7) is 8.57. The van der Waals surface area contributed by atoms with Gasteiger partial charge in [-0.2, -0.15) is 5.26 Å². The normalized spacial score (nSPS) is 12.5. The van der Waals surface area contributed by atoms with Gasteiger partial charge in [-0.1, -0.05) is 123 Å². The van der Waals surface area contributed by atoms with Gasteiger partial charge in [-0.15, -0.1) is 0 Å². The van der Waals surface area contributed by atoms with E-state index in [1.807, 2.05) is 55.5 Å². The predicted octanol–water partition coefficient (Wildman–Crippen LogP) is 12.1. The number of nitrogens with zero attached hydrogens (tertiary/aromatic N) is 5. The molecular weight excluding hydrogens is 671 g/mol. The molecular formula is C50H37N5. The van der Waals surface area contributed by atoms with Crippen LogP contribution in [0.5, 0.6) is 0 Å². The van der Waals surface area contributed by atoms with E-state index >= 15 is 0 Å². The highest BCUT2D eigenvalue weighted by Gasteiger charge is 2.36. The monoisotopic (exact) mass is 707 g/mol. The average Bonchev–Trinajstić information content (AvgIpc) is 3.45. The molecule has 2 aromatic heterocycles. The van der Waals surface area contributed by atoms with Crippen molar-refractivity contribution in [3.63, 3.8) is 0 Å². The average molecular weight is 708 g/mol. The van der Waals surface area contributed by atoms with Crippen LogP contribution >= 0.6 is 0 Å². The lowest BCUT2D eigenvalue weighted by molar-refractivity contribution is 0.660. The number of hydrogen-bond acceptors (Lipinski definition) is 5. The lowest BCUT2D eigenvalue weighted by Crippen LogP contribution is -2.15. The van der Waals surface area contributed by atoms with Crippen LogP contribution in [-0.2, 0) is 5.41 Å². The Hall–Kier alpha value is -7.03. The van der Waals surface area contributed by atoms with E-state index in [1.54, 1.807) is 0 Å². The minimum atomic E-state index is -0.269. The molecule has 0 radical (unpaired) electrons. The second-order valence-electron chi connectivity index (χ2n) is 14.8. The summed E-state index contributed by atoms with van der Waals surface area (Å²) in [5.74, 6) is 1.81. The maximum Gasteiger partial charge on any atom is 0.164 e. The summed E-state index contributed by atoms with van der Waals surface area (Å²) in [6.07, 6.45) is 0. The molecule has 0 saturated heterocycles. The van der Waals surface area contributed by atoms with Crippen molar-refractivity contribution in [1.29, 1.82) is 5.26 Å². The quantitative estimate of drug-likeness (QED) is 0.172. The van der Waals surface area contributed by atoms with E-state index in [4.69, 9.17) is 19.9 Å². The lowest BCUT2D eigenvalue weighted by Gasteiger charge is -2.22. The molecule has 0 amide bonds. The first-order valence-electron chi connectivity index (χ1n) is 18.5. The Labute approximate surface area is 321 Å². The first-order chi connectivity index (χ1) is 26.7. The summed E-state index contributed by atoms with van der Waals surface area (Å²) < 4.78 is 0. The molecule has 0 atom stereocenters. The summed E-state index contributed by atoms with van der Waals surface area (Å²) in [5, 5.41) is 9.67. The molecule has 5 heteroatoms. The van der Waals surface area contributed by atoms with Gasteiger partial charge in [-0.05, 0) is 106 Å². The second kappa shape index (κ2) is 13.4. The zero-order chi connectivity index (χ0) is 37.7. The fourth-order valence-corrected chi connectivity index (χ4v) is 7.85. The largest absolute Gasteiger partial charge is 0.258 e. The van der Waals surface area contributed by atoms with E-state index < -0.39 is 0 Å². The van der Waals surface area contributed by atoms with Crippen LogP contribution in [-0.4, -0.2) is 19.9 Å². The van der Waals surface area contributed by atoms with Gasteiger partial charge in [-0.3, -0.25) is 4.98 Å². The van der Waals surface area contributed by atoms with Crippen LogP contribution in [0.1, 0.15) is 41.9 Å². The van der Waals surface area contributed by atoms with Gasteiger partial charge in [0.1, 0.15) is 0 Å². The number of pyridine rings is 1. The van der Waals surface area contributed by atoms with Gasteiger partial charge in [0.05, 0.1) is 11.6 Å². The van der Waals surface area contributed by atoms with Crippen LogP contribution in [0.2, 0.25) is 0 Å². The van der Waals surface area contributed by atoms with Crippen molar-refractivity contribution >= 4 is 0 Å². The second-order valence-corrected chi connectivity index (χ2v) is 14.8. The maximum atomic E-state index is 9.67. The molecule has 262 valence electrons. The topological polar surface area (TPSA) is 75.3 Å². The van der Waals surface area contributed by atoms with E-state index in [0.29, 0.717) is 23.0 Å². The highest BCUT2D eigenvalue weighted by molar-refractivity contribution is 5.86. The van der Waals surface area contributed by atoms with Gasteiger partial charge in [0, 0.05) is 39.1 Å². The van der Waals surface area contributed by atoms with Crippen LogP contribution in [0.4, 0.5) is 0 Å². The van der Waals surface area contributed by atoms with Crippen LogP contribution in [0, 0.1) is 25.2 Å². The van der Waals surface area contributed by atoms with Crippen LogP contribution in [0.3, 0.4) is 0 Å². The first kappa shape index (κ1) is 33.8. The van der Waals surface area contributed by atoms with Gasteiger partial charge in [0.15, 0.2) is 17.5 Å². The zero-order valence-corrected chi connectivity index (χ0v) is 31.2. The van der Waals surface area contributed by atoms with Crippen LogP contribution in [0.15, 0.2) is 152 Å². The molecule has 0 fully saturated rings. The Kier molecular flexibility index (Phi) is 8.25. The Morgan fingerprint density at radius 1 is 0.418 bits per heavy atom. The lowest BCUT2D eigenvalue weighted by atomic mass is 9.81. The van der Waals surface area contributed by atoms with Crippen molar-refractivity contribution in [3.8, 4) is 84.7 Å². The SMILES string of the molecule is Cc1ccc(-c2cc(-c3ccc4c(c3)C(C)(C)c3cc(C#N)ccc3-4)cc(-c3nc(-c4ccccc4)nc(-c4ccc(-c5ccccc5)cc4)n3)c2)c(C)n1. The first-order valence-corrected chi connectivity index (χ1v) is 18.5. The Bertz CT molecular complexity index is 2800. The fraction of sp³-hybridized carbons (Fsp3) is 0.100. The molecule has 55 heavy (non-hydrogen) atoms. The third-order valence-corrected chi connectivity index (χ3v) is 10.8. The Morgan fingerprint density at radius 2 is 0.909 bits per heavy atom. The molecule has 1 aliphatic carbocycles. The molecule has 0 bridgehead atoms. The van der Waals surface area contributed by atoms with Crippen molar-refractivity contribution in [2.24, 2.45) is 0 Å². The van der Waals surface area contributed by atoms with Crippen molar-refractivity contribution < 1.29 is 0 Å². The number of nitriles is 1. The highest BCUT2D eigenvalue weighted by atomic mass is 15.0. The van der Waals surface area contributed by atoms with Crippen molar-refractivity contribution in [1.82, 2.24) is 19.9 Å². The number of aryl methyl sites for hydroxylation is 2. The van der Waals surface area contributed by atoms with Crippen molar-refractivity contribution in [2.75, 3.05) is 0 Å². The van der Waals surface area contributed by atoms with E-state index in [9.17, 15) is 5.26 Å². The minimum absolute atomic E-state index is 0.269. The standard InChI is InChI=1S/C50H37N5/c1-31-15-22-42(32(2)52-31)40-26-39(38-21-24-44-43-23-16-33(30-51)25-45(43)50(3,4)46(44)29-38)27-41(28-40)49-54-47(36-13-9-6-10-14-36)53-48(55-49)37-19-17-35(18-20-37)34-11-7-5-8-12-34/h5-29H,1-4H3. The van der Waals surface area contributed by atoms with Gasteiger partial charge in [0.25, 0.3) is 0 Å². The van der Waals surface area contributed by atoms with E-state index in [1.165, 1.54) is 22.3 Å². The van der Waals surface area contributed by atoms with Crippen molar-refractivity contribution in [3.05, 3.63) is 180 Å². The van der Waals surface area contributed by atoms with E-state index in [-0.39, 0.29) is 5.41 Å². The molecule has 0 spiro atoms. The van der Waals surface area contributed by atoms with Gasteiger partial charge in [-0.25, -0.2) is 15.0 Å². The summed E-state index contributed by atoms with van der Waals surface area (Å²) >= 11 is 0. The molecule has 0 N–H and O–H groups in total. The summed E-state index contributed by atoms with van der Waals surface area (Å²) in [7, 11) is 0. The van der Waals surface area contributed by atoms with E-state index in [2.05, 4.69) is 130 Å².